The van der Waals surface area contributed by atoms with E-state index in [0.29, 0.717) is 19.8 Å². The van der Waals surface area contributed by atoms with Crippen LogP contribution in [-0.2, 0) is 17.8 Å². The summed E-state index contributed by atoms with van der Waals surface area (Å²) < 4.78 is 7.47. The minimum absolute atomic E-state index is 0.581. The lowest BCUT2D eigenvalue weighted by atomic mass is 9.94. The van der Waals surface area contributed by atoms with E-state index in [1.54, 1.807) is 0 Å². The minimum atomic E-state index is -0.581. The predicted octanol–water partition coefficient (Wildman–Crippen LogP) is 1.14. The van der Waals surface area contributed by atoms with Gasteiger partial charge in [-0.15, -0.1) is 0 Å². The largest absolute Gasteiger partial charge is 0.388 e. The van der Waals surface area contributed by atoms with Gasteiger partial charge in [0.15, 0.2) is 0 Å². The lowest BCUT2D eigenvalue weighted by molar-refractivity contribution is -0.0617. The Labute approximate surface area is 103 Å². The van der Waals surface area contributed by atoms with Crippen molar-refractivity contribution in [3.8, 4) is 0 Å². The van der Waals surface area contributed by atoms with Crippen LogP contribution in [0.25, 0.3) is 0 Å². The van der Waals surface area contributed by atoms with Crippen LogP contribution in [0.1, 0.15) is 25.5 Å². The van der Waals surface area contributed by atoms with E-state index in [4.69, 9.17) is 4.74 Å². The Kier molecular flexibility index (Phi) is 4.20. The molecule has 4 nitrogen and oxygen atoms in total. The van der Waals surface area contributed by atoms with Gasteiger partial charge in [0.25, 0.3) is 0 Å². The summed E-state index contributed by atoms with van der Waals surface area (Å²) in [6.07, 6.45) is 3.55. The number of rotatable bonds is 5. The molecule has 1 aromatic heterocycles. The zero-order valence-corrected chi connectivity index (χ0v) is 10.5. The van der Waals surface area contributed by atoms with Gasteiger partial charge in [0, 0.05) is 57.6 Å². The van der Waals surface area contributed by atoms with E-state index < -0.39 is 5.60 Å². The molecule has 0 aliphatic carbocycles. The molecule has 1 aliphatic heterocycles. The fourth-order valence-corrected chi connectivity index (χ4v) is 2.27. The SMILES string of the molecule is CCn1cccc1CNCC1(O)CCOCC1. The number of aliphatic hydroxyl groups is 1. The quantitative estimate of drug-likeness (QED) is 0.808. The van der Waals surface area contributed by atoms with Crippen molar-refractivity contribution in [1.29, 1.82) is 0 Å². The smallest absolute Gasteiger partial charge is 0.0815 e. The molecular formula is C13H22N2O2. The molecular weight excluding hydrogens is 216 g/mol. The average molecular weight is 238 g/mol. The molecule has 0 spiro atoms. The van der Waals surface area contributed by atoms with Crippen LogP contribution in [0.15, 0.2) is 18.3 Å². The van der Waals surface area contributed by atoms with Crippen LogP contribution in [0.5, 0.6) is 0 Å². The van der Waals surface area contributed by atoms with Gasteiger partial charge in [-0.1, -0.05) is 0 Å². The Hall–Kier alpha value is -0.840. The first-order valence-electron chi connectivity index (χ1n) is 6.38. The van der Waals surface area contributed by atoms with E-state index in [0.717, 1.165) is 25.9 Å². The summed E-state index contributed by atoms with van der Waals surface area (Å²) in [6, 6.07) is 4.17. The molecule has 0 bridgehead atoms. The van der Waals surface area contributed by atoms with Crippen LogP contribution < -0.4 is 5.32 Å². The topological polar surface area (TPSA) is 46.4 Å². The van der Waals surface area contributed by atoms with Crippen molar-refractivity contribution >= 4 is 0 Å². The molecule has 96 valence electrons. The standard InChI is InChI=1S/C13H22N2O2/c1-2-15-7-3-4-12(15)10-14-11-13(16)5-8-17-9-6-13/h3-4,7,14,16H,2,5-6,8-11H2,1H3. The lowest BCUT2D eigenvalue weighted by Gasteiger charge is -2.32. The Morgan fingerprint density at radius 2 is 2.24 bits per heavy atom. The van der Waals surface area contributed by atoms with Gasteiger partial charge < -0.3 is 19.7 Å². The van der Waals surface area contributed by atoms with Crippen molar-refractivity contribution < 1.29 is 9.84 Å². The third-order valence-corrected chi connectivity index (χ3v) is 3.45. The molecule has 0 saturated carbocycles. The summed E-state index contributed by atoms with van der Waals surface area (Å²) in [5.41, 5.74) is 0.685. The minimum Gasteiger partial charge on any atom is -0.388 e. The van der Waals surface area contributed by atoms with Crippen LogP contribution in [0.3, 0.4) is 0 Å². The number of aryl methyl sites for hydroxylation is 1. The Morgan fingerprint density at radius 3 is 2.94 bits per heavy atom. The van der Waals surface area contributed by atoms with Crippen LogP contribution in [0.2, 0.25) is 0 Å². The summed E-state index contributed by atoms with van der Waals surface area (Å²) in [5.74, 6) is 0. The lowest BCUT2D eigenvalue weighted by Crippen LogP contribution is -2.44. The van der Waals surface area contributed by atoms with E-state index in [1.165, 1.54) is 5.69 Å². The van der Waals surface area contributed by atoms with Gasteiger partial charge in [0.1, 0.15) is 0 Å². The molecule has 1 aromatic rings. The van der Waals surface area contributed by atoms with Crippen LogP contribution in [-0.4, -0.2) is 35.0 Å². The normalized spacial score (nSPS) is 19.4. The van der Waals surface area contributed by atoms with Crippen molar-refractivity contribution in [3.05, 3.63) is 24.0 Å². The zero-order valence-electron chi connectivity index (χ0n) is 10.5. The summed E-state index contributed by atoms with van der Waals surface area (Å²) in [7, 11) is 0. The summed E-state index contributed by atoms with van der Waals surface area (Å²) in [4.78, 5) is 0. The second kappa shape index (κ2) is 5.67. The van der Waals surface area contributed by atoms with Crippen molar-refractivity contribution in [2.24, 2.45) is 0 Å². The van der Waals surface area contributed by atoms with E-state index in [9.17, 15) is 5.11 Å². The molecule has 0 atom stereocenters. The maximum absolute atomic E-state index is 10.3. The second-order valence-electron chi connectivity index (χ2n) is 4.73. The molecule has 1 fully saturated rings. The molecule has 2 rings (SSSR count). The molecule has 0 amide bonds. The Balaban J connectivity index is 1.79. The monoisotopic (exact) mass is 238 g/mol. The highest BCUT2D eigenvalue weighted by molar-refractivity contribution is 5.06. The average Bonchev–Trinajstić information content (AvgIpc) is 2.77. The van der Waals surface area contributed by atoms with E-state index in [2.05, 4.69) is 35.1 Å². The van der Waals surface area contributed by atoms with Gasteiger partial charge >= 0.3 is 0 Å². The van der Waals surface area contributed by atoms with Gasteiger partial charge in [-0.25, -0.2) is 0 Å². The molecule has 0 unspecified atom stereocenters. The summed E-state index contributed by atoms with van der Waals surface area (Å²) in [5, 5.41) is 13.6. The number of hydrogen-bond acceptors (Lipinski definition) is 3. The van der Waals surface area contributed by atoms with Gasteiger partial charge in [-0.2, -0.15) is 0 Å². The Morgan fingerprint density at radius 1 is 1.47 bits per heavy atom. The van der Waals surface area contributed by atoms with Crippen LogP contribution >= 0.6 is 0 Å². The van der Waals surface area contributed by atoms with Crippen molar-refractivity contribution in [3.63, 3.8) is 0 Å². The van der Waals surface area contributed by atoms with Gasteiger partial charge in [0.2, 0.25) is 0 Å². The van der Waals surface area contributed by atoms with Crippen molar-refractivity contribution in [2.45, 2.75) is 38.5 Å². The van der Waals surface area contributed by atoms with Crippen LogP contribution in [0, 0.1) is 0 Å². The van der Waals surface area contributed by atoms with Gasteiger partial charge in [-0.05, 0) is 19.1 Å². The van der Waals surface area contributed by atoms with Crippen molar-refractivity contribution in [2.75, 3.05) is 19.8 Å². The number of ether oxygens (including phenoxy) is 1. The molecule has 2 heterocycles. The first-order valence-corrected chi connectivity index (χ1v) is 6.38. The highest BCUT2D eigenvalue weighted by Gasteiger charge is 2.29. The molecule has 0 aromatic carbocycles. The summed E-state index contributed by atoms with van der Waals surface area (Å²) >= 11 is 0. The highest BCUT2D eigenvalue weighted by atomic mass is 16.5. The predicted molar refractivity (Wildman–Crippen MR) is 66.8 cm³/mol. The number of aromatic nitrogens is 1. The second-order valence-corrected chi connectivity index (χ2v) is 4.73. The van der Waals surface area contributed by atoms with Gasteiger partial charge in [0.05, 0.1) is 5.60 Å². The fourth-order valence-electron chi connectivity index (χ4n) is 2.27. The van der Waals surface area contributed by atoms with E-state index in [-0.39, 0.29) is 0 Å². The highest BCUT2D eigenvalue weighted by Crippen LogP contribution is 2.19. The summed E-state index contributed by atoms with van der Waals surface area (Å²) in [6.45, 7) is 5.92. The first-order chi connectivity index (χ1) is 8.23. The molecule has 2 N–H and O–H groups in total. The third kappa shape index (κ3) is 3.31. The first kappa shape index (κ1) is 12.6. The van der Waals surface area contributed by atoms with E-state index in [1.807, 2.05) is 0 Å². The number of hydrogen-bond donors (Lipinski definition) is 2. The molecule has 1 saturated heterocycles. The Bertz CT molecular complexity index is 343. The third-order valence-electron chi connectivity index (χ3n) is 3.45. The molecule has 17 heavy (non-hydrogen) atoms. The maximum Gasteiger partial charge on any atom is 0.0815 e. The maximum atomic E-state index is 10.3. The van der Waals surface area contributed by atoms with Gasteiger partial charge in [-0.3, -0.25) is 0 Å². The van der Waals surface area contributed by atoms with Crippen LogP contribution in [0.4, 0.5) is 0 Å². The molecule has 1 aliphatic rings. The fraction of sp³-hybridized carbons (Fsp3) is 0.692. The zero-order chi connectivity index (χ0) is 12.1. The number of nitrogens with one attached hydrogen (secondary N) is 1. The molecule has 0 radical (unpaired) electrons. The number of nitrogens with zero attached hydrogens (tertiary/aromatic N) is 1. The molecule has 4 heteroatoms. The van der Waals surface area contributed by atoms with Crippen molar-refractivity contribution in [1.82, 2.24) is 9.88 Å². The van der Waals surface area contributed by atoms with E-state index >= 15 is 0 Å².